The summed E-state index contributed by atoms with van der Waals surface area (Å²) in [6.07, 6.45) is 0.927. The number of aryl methyl sites for hydroxylation is 2. The summed E-state index contributed by atoms with van der Waals surface area (Å²) in [4.78, 5) is 9.04. The molecule has 0 aliphatic rings. The van der Waals surface area contributed by atoms with Crippen LogP contribution in [-0.2, 0) is 6.42 Å². The first kappa shape index (κ1) is 19.0. The van der Waals surface area contributed by atoms with Gasteiger partial charge in [-0.2, -0.15) is 4.98 Å². The van der Waals surface area contributed by atoms with Crippen LogP contribution in [0.25, 0.3) is 0 Å². The lowest BCUT2D eigenvalue weighted by atomic mass is 10.1. The Balaban J connectivity index is 1.73. The van der Waals surface area contributed by atoms with E-state index in [2.05, 4.69) is 32.7 Å². The third-order valence-electron chi connectivity index (χ3n) is 4.14. The fraction of sp³-hybridized carbons (Fsp3) is 0.238. The van der Waals surface area contributed by atoms with Crippen LogP contribution in [0, 0.1) is 13.8 Å². The van der Waals surface area contributed by atoms with Crippen LogP contribution in [0.4, 0.5) is 17.5 Å². The van der Waals surface area contributed by atoms with E-state index in [0.29, 0.717) is 16.7 Å². The Morgan fingerprint density at radius 1 is 1.04 bits per heavy atom. The van der Waals surface area contributed by atoms with Crippen molar-refractivity contribution >= 4 is 29.1 Å². The Bertz CT molecular complexity index is 916. The summed E-state index contributed by atoms with van der Waals surface area (Å²) in [5.74, 6) is 1.94. The van der Waals surface area contributed by atoms with Crippen molar-refractivity contribution in [3.05, 3.63) is 70.4 Å². The van der Waals surface area contributed by atoms with Gasteiger partial charge >= 0.3 is 0 Å². The highest BCUT2D eigenvalue weighted by molar-refractivity contribution is 6.31. The zero-order chi connectivity index (χ0) is 19.2. The molecular formula is C21H23ClN4O. The molecule has 1 aromatic heterocycles. The smallest absolute Gasteiger partial charge is 0.229 e. The van der Waals surface area contributed by atoms with Crippen LogP contribution in [0.1, 0.15) is 16.8 Å². The summed E-state index contributed by atoms with van der Waals surface area (Å²) < 4.78 is 5.41. The van der Waals surface area contributed by atoms with E-state index in [-0.39, 0.29) is 0 Å². The van der Waals surface area contributed by atoms with Gasteiger partial charge in [-0.3, -0.25) is 0 Å². The van der Waals surface area contributed by atoms with Crippen LogP contribution < -0.4 is 15.4 Å². The molecule has 2 aromatic carbocycles. The number of nitrogens with one attached hydrogen (secondary N) is 2. The maximum atomic E-state index is 6.18. The first-order valence-corrected chi connectivity index (χ1v) is 9.17. The van der Waals surface area contributed by atoms with Crippen LogP contribution in [0.3, 0.4) is 0 Å². The van der Waals surface area contributed by atoms with Crippen molar-refractivity contribution < 1.29 is 4.74 Å². The SMILES string of the molecule is COc1cc(Cl)c(C)cc1Nc1nc(C)cc(NCCc2ccccc2)n1. The Hall–Kier alpha value is -2.79. The highest BCUT2D eigenvalue weighted by atomic mass is 35.5. The standard InChI is InChI=1S/C21H23ClN4O/c1-14-11-18(19(27-3)13-17(14)22)25-21-24-15(2)12-20(26-21)23-10-9-16-7-5-4-6-8-16/h4-8,11-13H,9-10H2,1-3H3,(H2,23,24,25,26). The Kier molecular flexibility index (Phi) is 6.14. The number of nitrogens with zero attached hydrogens (tertiary/aromatic N) is 2. The van der Waals surface area contributed by atoms with Gasteiger partial charge in [0.1, 0.15) is 11.6 Å². The molecule has 1 heterocycles. The van der Waals surface area contributed by atoms with Crippen LogP contribution >= 0.6 is 11.6 Å². The average Bonchev–Trinajstić information content (AvgIpc) is 2.65. The van der Waals surface area contributed by atoms with Crippen molar-refractivity contribution in [1.82, 2.24) is 9.97 Å². The van der Waals surface area contributed by atoms with E-state index < -0.39 is 0 Å². The van der Waals surface area contributed by atoms with Gasteiger partial charge in [0, 0.05) is 29.4 Å². The molecule has 2 N–H and O–H groups in total. The van der Waals surface area contributed by atoms with Gasteiger partial charge in [0.25, 0.3) is 0 Å². The lowest BCUT2D eigenvalue weighted by molar-refractivity contribution is 0.416. The van der Waals surface area contributed by atoms with E-state index in [1.54, 1.807) is 13.2 Å². The molecule has 0 bridgehead atoms. The molecule has 0 radical (unpaired) electrons. The van der Waals surface area contributed by atoms with Crippen molar-refractivity contribution in [2.75, 3.05) is 24.3 Å². The summed E-state index contributed by atoms with van der Waals surface area (Å²) in [5, 5.41) is 7.26. The fourth-order valence-electron chi connectivity index (χ4n) is 2.74. The molecule has 0 fully saturated rings. The summed E-state index contributed by atoms with van der Waals surface area (Å²) in [6.45, 7) is 4.68. The van der Waals surface area contributed by atoms with Gasteiger partial charge in [-0.05, 0) is 37.5 Å². The van der Waals surface area contributed by atoms with E-state index in [9.17, 15) is 0 Å². The summed E-state index contributed by atoms with van der Waals surface area (Å²) >= 11 is 6.18. The molecule has 6 heteroatoms. The number of methoxy groups -OCH3 is 1. The summed E-state index contributed by atoms with van der Waals surface area (Å²) in [5.41, 5.74) is 3.89. The van der Waals surface area contributed by atoms with Crippen molar-refractivity contribution in [1.29, 1.82) is 0 Å². The molecule has 3 rings (SSSR count). The van der Waals surface area contributed by atoms with Gasteiger partial charge in [-0.1, -0.05) is 41.9 Å². The number of hydrogen-bond donors (Lipinski definition) is 2. The van der Waals surface area contributed by atoms with E-state index in [1.165, 1.54) is 5.56 Å². The zero-order valence-electron chi connectivity index (χ0n) is 15.7. The minimum atomic E-state index is 0.511. The molecule has 140 valence electrons. The average molecular weight is 383 g/mol. The number of rotatable bonds is 7. The third-order valence-corrected chi connectivity index (χ3v) is 4.55. The van der Waals surface area contributed by atoms with Gasteiger partial charge < -0.3 is 15.4 Å². The van der Waals surface area contributed by atoms with Crippen LogP contribution in [0.5, 0.6) is 5.75 Å². The normalized spacial score (nSPS) is 10.5. The fourth-order valence-corrected chi connectivity index (χ4v) is 2.90. The second kappa shape index (κ2) is 8.73. The van der Waals surface area contributed by atoms with Gasteiger partial charge in [0.15, 0.2) is 0 Å². The molecule has 5 nitrogen and oxygen atoms in total. The summed E-state index contributed by atoms with van der Waals surface area (Å²) in [7, 11) is 1.61. The van der Waals surface area contributed by atoms with Gasteiger partial charge in [-0.15, -0.1) is 0 Å². The molecule has 0 aliphatic carbocycles. The topological polar surface area (TPSA) is 59.1 Å². The minimum Gasteiger partial charge on any atom is -0.495 e. The van der Waals surface area contributed by atoms with E-state index in [4.69, 9.17) is 16.3 Å². The predicted molar refractivity (Wildman–Crippen MR) is 111 cm³/mol. The molecule has 3 aromatic rings. The Morgan fingerprint density at radius 3 is 2.56 bits per heavy atom. The molecule has 0 saturated heterocycles. The molecule has 0 saturated carbocycles. The second-order valence-electron chi connectivity index (χ2n) is 6.31. The Morgan fingerprint density at radius 2 is 1.81 bits per heavy atom. The van der Waals surface area contributed by atoms with Gasteiger partial charge in [0.2, 0.25) is 5.95 Å². The monoisotopic (exact) mass is 382 g/mol. The Labute approximate surface area is 164 Å². The van der Waals surface area contributed by atoms with Crippen molar-refractivity contribution in [3.8, 4) is 5.75 Å². The number of anilines is 3. The predicted octanol–water partition coefficient (Wildman–Crippen LogP) is 5.15. The highest BCUT2D eigenvalue weighted by Gasteiger charge is 2.10. The second-order valence-corrected chi connectivity index (χ2v) is 6.71. The number of hydrogen-bond acceptors (Lipinski definition) is 5. The van der Waals surface area contributed by atoms with Gasteiger partial charge in [-0.25, -0.2) is 4.98 Å². The number of aromatic nitrogens is 2. The molecule has 0 amide bonds. The van der Waals surface area contributed by atoms with Gasteiger partial charge in [0.05, 0.1) is 12.8 Å². The van der Waals surface area contributed by atoms with Crippen LogP contribution in [-0.4, -0.2) is 23.6 Å². The minimum absolute atomic E-state index is 0.511. The molecular weight excluding hydrogens is 360 g/mol. The number of benzene rings is 2. The maximum absolute atomic E-state index is 6.18. The molecule has 0 aliphatic heterocycles. The van der Waals surface area contributed by atoms with E-state index in [1.807, 2.05) is 44.2 Å². The largest absolute Gasteiger partial charge is 0.495 e. The molecule has 0 spiro atoms. The van der Waals surface area contributed by atoms with Crippen LogP contribution in [0.2, 0.25) is 5.02 Å². The third kappa shape index (κ3) is 5.11. The quantitative estimate of drug-likeness (QED) is 0.591. The highest BCUT2D eigenvalue weighted by Crippen LogP contribution is 2.32. The lowest BCUT2D eigenvalue weighted by Crippen LogP contribution is -2.09. The summed E-state index contributed by atoms with van der Waals surface area (Å²) in [6, 6.07) is 16.0. The van der Waals surface area contributed by atoms with Crippen molar-refractivity contribution in [2.24, 2.45) is 0 Å². The van der Waals surface area contributed by atoms with E-state index in [0.717, 1.165) is 35.7 Å². The molecule has 27 heavy (non-hydrogen) atoms. The zero-order valence-corrected chi connectivity index (χ0v) is 16.5. The lowest BCUT2D eigenvalue weighted by Gasteiger charge is -2.14. The number of halogens is 1. The number of ether oxygens (including phenoxy) is 1. The molecule has 0 atom stereocenters. The maximum Gasteiger partial charge on any atom is 0.229 e. The van der Waals surface area contributed by atoms with E-state index >= 15 is 0 Å². The molecule has 0 unspecified atom stereocenters. The van der Waals surface area contributed by atoms with Crippen molar-refractivity contribution in [2.45, 2.75) is 20.3 Å². The van der Waals surface area contributed by atoms with Crippen LogP contribution in [0.15, 0.2) is 48.5 Å². The first-order valence-electron chi connectivity index (χ1n) is 8.80. The first-order chi connectivity index (χ1) is 13.0. The van der Waals surface area contributed by atoms with Crippen molar-refractivity contribution in [3.63, 3.8) is 0 Å².